The van der Waals surface area contributed by atoms with E-state index in [1.807, 2.05) is 18.2 Å². The molecule has 5 heteroatoms. The quantitative estimate of drug-likeness (QED) is 0.461. The molecule has 78 valence electrons. The van der Waals surface area contributed by atoms with Crippen molar-refractivity contribution in [2.45, 2.75) is 5.92 Å². The molecule has 0 aromatic carbocycles. The largest absolute Gasteiger partial charge is 0.316 e. The van der Waals surface area contributed by atoms with Crippen molar-refractivity contribution >= 4 is 0 Å². The van der Waals surface area contributed by atoms with Crippen molar-refractivity contribution in [2.75, 3.05) is 19.6 Å². The van der Waals surface area contributed by atoms with Crippen molar-refractivity contribution in [1.29, 1.82) is 0 Å². The molecule has 2 unspecified atom stereocenters. The molecule has 15 heavy (non-hydrogen) atoms. The molecular formula is C10H13N5. The molecule has 0 aliphatic carbocycles. The van der Waals surface area contributed by atoms with Gasteiger partial charge in [-0.2, -0.15) is 0 Å². The van der Waals surface area contributed by atoms with Crippen molar-refractivity contribution in [3.8, 4) is 0 Å². The van der Waals surface area contributed by atoms with Gasteiger partial charge in [0.1, 0.15) is 0 Å². The van der Waals surface area contributed by atoms with Gasteiger partial charge < -0.3 is 5.32 Å². The minimum atomic E-state index is 0.371. The van der Waals surface area contributed by atoms with Crippen LogP contribution in [0.1, 0.15) is 11.6 Å². The molecule has 1 aromatic heterocycles. The first-order chi connectivity index (χ1) is 7.42. The summed E-state index contributed by atoms with van der Waals surface area (Å²) in [5.74, 6) is 0.743. The molecule has 2 atom stereocenters. The fraction of sp³-hybridized carbons (Fsp3) is 0.500. The summed E-state index contributed by atoms with van der Waals surface area (Å²) in [6.45, 7) is 2.37. The molecule has 0 spiro atoms. The summed E-state index contributed by atoms with van der Waals surface area (Å²) in [5.41, 5.74) is 9.39. The van der Waals surface area contributed by atoms with Crippen molar-refractivity contribution < 1.29 is 0 Å². The van der Waals surface area contributed by atoms with Crippen molar-refractivity contribution in [2.24, 2.45) is 11.0 Å². The number of azide groups is 1. The molecule has 2 heterocycles. The lowest BCUT2D eigenvalue weighted by Gasteiger charge is -2.15. The SMILES string of the molecule is [N-]=[N+]=NCC1CNCC1c1ccccn1. The summed E-state index contributed by atoms with van der Waals surface area (Å²) in [5, 5.41) is 6.95. The Morgan fingerprint density at radius 1 is 1.53 bits per heavy atom. The van der Waals surface area contributed by atoms with Gasteiger partial charge in [-0.3, -0.25) is 4.98 Å². The summed E-state index contributed by atoms with van der Waals surface area (Å²) in [6.07, 6.45) is 1.80. The van der Waals surface area contributed by atoms with Crippen LogP contribution in [0, 0.1) is 5.92 Å². The maximum atomic E-state index is 8.31. The summed E-state index contributed by atoms with van der Waals surface area (Å²) in [7, 11) is 0. The van der Waals surface area contributed by atoms with Gasteiger partial charge in [0, 0.05) is 35.8 Å². The Balaban J connectivity index is 2.11. The average molecular weight is 203 g/mol. The number of hydrogen-bond acceptors (Lipinski definition) is 3. The number of nitrogens with zero attached hydrogens (tertiary/aromatic N) is 4. The number of rotatable bonds is 3. The van der Waals surface area contributed by atoms with E-state index in [9.17, 15) is 0 Å². The van der Waals surface area contributed by atoms with Gasteiger partial charge in [0.2, 0.25) is 0 Å². The van der Waals surface area contributed by atoms with E-state index in [0.29, 0.717) is 18.4 Å². The fourth-order valence-corrected chi connectivity index (χ4v) is 2.01. The Bertz CT molecular complexity index is 357. The van der Waals surface area contributed by atoms with Gasteiger partial charge in [-0.1, -0.05) is 11.2 Å². The van der Waals surface area contributed by atoms with Gasteiger partial charge in [-0.25, -0.2) is 0 Å². The Morgan fingerprint density at radius 2 is 2.47 bits per heavy atom. The average Bonchev–Trinajstić information content (AvgIpc) is 2.75. The third-order valence-corrected chi connectivity index (χ3v) is 2.79. The second-order valence-electron chi connectivity index (χ2n) is 3.69. The third-order valence-electron chi connectivity index (χ3n) is 2.79. The second kappa shape index (κ2) is 4.77. The summed E-state index contributed by atoms with van der Waals surface area (Å²) in [4.78, 5) is 7.15. The van der Waals surface area contributed by atoms with Crippen molar-refractivity contribution in [3.05, 3.63) is 40.5 Å². The first-order valence-electron chi connectivity index (χ1n) is 5.04. The molecule has 0 radical (unpaired) electrons. The molecule has 5 nitrogen and oxygen atoms in total. The zero-order chi connectivity index (χ0) is 10.5. The lowest BCUT2D eigenvalue weighted by Crippen LogP contribution is -2.14. The zero-order valence-electron chi connectivity index (χ0n) is 8.37. The van der Waals surface area contributed by atoms with Crippen LogP contribution in [-0.4, -0.2) is 24.6 Å². The van der Waals surface area contributed by atoms with E-state index >= 15 is 0 Å². The standard InChI is InChI=1S/C10H13N5/c11-15-14-6-8-5-12-7-9(8)10-3-1-2-4-13-10/h1-4,8-9,12H,5-7H2. The highest BCUT2D eigenvalue weighted by molar-refractivity contribution is 5.13. The molecule has 1 saturated heterocycles. The minimum Gasteiger partial charge on any atom is -0.316 e. The molecule has 1 aliphatic rings. The molecule has 2 rings (SSSR count). The van der Waals surface area contributed by atoms with Gasteiger partial charge in [-0.15, -0.1) is 0 Å². The number of pyridine rings is 1. The predicted molar refractivity (Wildman–Crippen MR) is 57.4 cm³/mol. The first-order valence-corrected chi connectivity index (χ1v) is 5.04. The van der Waals surface area contributed by atoms with Crippen LogP contribution < -0.4 is 5.32 Å². The van der Waals surface area contributed by atoms with Gasteiger partial charge in [0.25, 0.3) is 0 Å². The van der Waals surface area contributed by atoms with Gasteiger partial charge >= 0.3 is 0 Å². The molecule has 0 amide bonds. The highest BCUT2D eigenvalue weighted by atomic mass is 15.1. The van der Waals surface area contributed by atoms with E-state index in [1.54, 1.807) is 6.20 Å². The number of nitrogens with one attached hydrogen (secondary N) is 1. The van der Waals surface area contributed by atoms with E-state index in [0.717, 1.165) is 18.8 Å². The predicted octanol–water partition coefficient (Wildman–Crippen LogP) is 1.69. The zero-order valence-corrected chi connectivity index (χ0v) is 8.37. The summed E-state index contributed by atoms with van der Waals surface area (Å²) in [6, 6.07) is 5.93. The topological polar surface area (TPSA) is 73.7 Å². The van der Waals surface area contributed by atoms with Gasteiger partial charge in [-0.05, 0) is 30.1 Å². The van der Waals surface area contributed by atoms with Crippen LogP contribution in [-0.2, 0) is 0 Å². The third kappa shape index (κ3) is 2.26. The molecule has 1 fully saturated rings. The lowest BCUT2D eigenvalue weighted by molar-refractivity contribution is 0.520. The Morgan fingerprint density at radius 3 is 3.20 bits per heavy atom. The second-order valence-corrected chi connectivity index (χ2v) is 3.69. The van der Waals surface area contributed by atoms with Crippen LogP contribution >= 0.6 is 0 Å². The number of hydrogen-bond donors (Lipinski definition) is 1. The molecule has 1 N–H and O–H groups in total. The normalized spacial score (nSPS) is 24.8. The fourth-order valence-electron chi connectivity index (χ4n) is 2.01. The minimum absolute atomic E-state index is 0.371. The van der Waals surface area contributed by atoms with E-state index in [4.69, 9.17) is 5.53 Å². The lowest BCUT2D eigenvalue weighted by atomic mass is 9.92. The summed E-state index contributed by atoms with van der Waals surface area (Å²) < 4.78 is 0. The van der Waals surface area contributed by atoms with Crippen molar-refractivity contribution in [3.63, 3.8) is 0 Å². The van der Waals surface area contributed by atoms with E-state index < -0.39 is 0 Å². The molecule has 0 saturated carbocycles. The van der Waals surface area contributed by atoms with E-state index in [2.05, 4.69) is 20.3 Å². The highest BCUT2D eigenvalue weighted by Crippen LogP contribution is 2.26. The molecular weight excluding hydrogens is 190 g/mol. The maximum Gasteiger partial charge on any atom is 0.0450 e. The van der Waals surface area contributed by atoms with Crippen LogP contribution in [0.25, 0.3) is 10.4 Å². The Labute approximate surface area is 88.2 Å². The van der Waals surface area contributed by atoms with Gasteiger partial charge in [0.15, 0.2) is 0 Å². The first kappa shape index (κ1) is 9.96. The monoisotopic (exact) mass is 203 g/mol. The maximum absolute atomic E-state index is 8.31. The van der Waals surface area contributed by atoms with E-state index in [-0.39, 0.29) is 0 Å². The summed E-state index contributed by atoms with van der Waals surface area (Å²) >= 11 is 0. The van der Waals surface area contributed by atoms with Crippen LogP contribution in [0.15, 0.2) is 29.5 Å². The molecule has 1 aromatic rings. The van der Waals surface area contributed by atoms with Crippen LogP contribution in [0.5, 0.6) is 0 Å². The van der Waals surface area contributed by atoms with Crippen LogP contribution in [0.4, 0.5) is 0 Å². The van der Waals surface area contributed by atoms with Crippen LogP contribution in [0.2, 0.25) is 0 Å². The Hall–Kier alpha value is -1.58. The Kier molecular flexibility index (Phi) is 3.17. The van der Waals surface area contributed by atoms with Crippen molar-refractivity contribution in [1.82, 2.24) is 10.3 Å². The highest BCUT2D eigenvalue weighted by Gasteiger charge is 2.28. The smallest absolute Gasteiger partial charge is 0.0450 e. The van der Waals surface area contributed by atoms with Gasteiger partial charge in [0.05, 0.1) is 0 Å². The number of aromatic nitrogens is 1. The molecule has 1 aliphatic heterocycles. The molecule has 0 bridgehead atoms. The van der Waals surface area contributed by atoms with E-state index in [1.165, 1.54) is 0 Å². The van der Waals surface area contributed by atoms with Crippen LogP contribution in [0.3, 0.4) is 0 Å².